The first-order valence-electron chi connectivity index (χ1n) is 6.82. The number of anilines is 1. The summed E-state index contributed by atoms with van der Waals surface area (Å²) < 4.78 is 10.7. The van der Waals surface area contributed by atoms with Gasteiger partial charge in [-0.05, 0) is 31.2 Å². The van der Waals surface area contributed by atoms with Gasteiger partial charge < -0.3 is 35.2 Å². The van der Waals surface area contributed by atoms with Crippen LogP contribution < -0.4 is 10.1 Å². The van der Waals surface area contributed by atoms with Crippen molar-refractivity contribution >= 4 is 5.69 Å². The van der Waals surface area contributed by atoms with Crippen molar-refractivity contribution < 1.29 is 29.9 Å². The van der Waals surface area contributed by atoms with E-state index in [9.17, 15) is 20.4 Å². The highest BCUT2D eigenvalue weighted by Gasteiger charge is 2.49. The van der Waals surface area contributed by atoms with E-state index in [0.29, 0.717) is 18.0 Å². The Morgan fingerprint density at radius 3 is 2.52 bits per heavy atom. The largest absolute Gasteiger partial charge is 0.494 e. The molecule has 0 aromatic heterocycles. The van der Waals surface area contributed by atoms with Gasteiger partial charge in [0, 0.05) is 5.69 Å². The van der Waals surface area contributed by atoms with Crippen LogP contribution in [-0.4, -0.2) is 64.3 Å². The number of hydrogen-bond acceptors (Lipinski definition) is 7. The van der Waals surface area contributed by atoms with Crippen molar-refractivity contribution in [3.8, 4) is 5.75 Å². The molecule has 1 saturated heterocycles. The molecule has 1 heterocycles. The SMILES string of the molecule is CCOc1ccc(N[C@]2(CO)OC[C@@H](O)[C@@H](O)[C@@H]2O)cc1. The lowest BCUT2D eigenvalue weighted by Crippen LogP contribution is -2.66. The molecule has 0 aliphatic carbocycles. The van der Waals surface area contributed by atoms with E-state index < -0.39 is 30.6 Å². The maximum atomic E-state index is 10.1. The van der Waals surface area contributed by atoms with E-state index in [2.05, 4.69) is 5.32 Å². The summed E-state index contributed by atoms with van der Waals surface area (Å²) >= 11 is 0. The van der Waals surface area contributed by atoms with E-state index in [1.165, 1.54) is 0 Å². The van der Waals surface area contributed by atoms with Crippen molar-refractivity contribution in [3.05, 3.63) is 24.3 Å². The van der Waals surface area contributed by atoms with Crippen molar-refractivity contribution in [1.29, 1.82) is 0 Å². The predicted octanol–water partition coefficient (Wildman–Crippen LogP) is -0.701. The van der Waals surface area contributed by atoms with Crippen molar-refractivity contribution in [2.45, 2.75) is 31.0 Å². The highest BCUT2D eigenvalue weighted by Crippen LogP contribution is 2.28. The first kappa shape index (κ1) is 16.0. The van der Waals surface area contributed by atoms with E-state index >= 15 is 0 Å². The summed E-state index contributed by atoms with van der Waals surface area (Å²) in [4.78, 5) is 0. The molecule has 7 heteroatoms. The number of benzene rings is 1. The molecule has 7 nitrogen and oxygen atoms in total. The highest BCUT2D eigenvalue weighted by atomic mass is 16.6. The zero-order chi connectivity index (χ0) is 15.5. The van der Waals surface area contributed by atoms with Gasteiger partial charge in [0.05, 0.1) is 19.8 Å². The lowest BCUT2D eigenvalue weighted by Gasteiger charge is -2.45. The lowest BCUT2D eigenvalue weighted by molar-refractivity contribution is -0.235. The summed E-state index contributed by atoms with van der Waals surface area (Å²) in [6, 6.07) is 6.88. The molecule has 1 aliphatic heterocycles. The second-order valence-corrected chi connectivity index (χ2v) is 4.94. The van der Waals surface area contributed by atoms with Crippen LogP contribution in [0.15, 0.2) is 24.3 Å². The minimum atomic E-state index is -1.56. The summed E-state index contributed by atoms with van der Waals surface area (Å²) in [5.41, 5.74) is -0.985. The number of aliphatic hydroxyl groups is 4. The fraction of sp³-hybridized carbons (Fsp3) is 0.571. The quantitative estimate of drug-likeness (QED) is 0.489. The van der Waals surface area contributed by atoms with Gasteiger partial charge in [-0.3, -0.25) is 0 Å². The Bertz CT molecular complexity index is 453. The first-order valence-corrected chi connectivity index (χ1v) is 6.82. The van der Waals surface area contributed by atoms with E-state index in [-0.39, 0.29) is 6.61 Å². The molecule has 4 atom stereocenters. The third-order valence-electron chi connectivity index (χ3n) is 3.46. The van der Waals surface area contributed by atoms with Gasteiger partial charge in [0.15, 0.2) is 5.72 Å². The summed E-state index contributed by atoms with van der Waals surface area (Å²) in [6.07, 6.45) is -4.07. The Hall–Kier alpha value is -1.38. The Morgan fingerprint density at radius 1 is 1.29 bits per heavy atom. The topological polar surface area (TPSA) is 111 Å². The van der Waals surface area contributed by atoms with Crippen LogP contribution in [0.25, 0.3) is 0 Å². The molecule has 0 amide bonds. The van der Waals surface area contributed by atoms with Crippen molar-refractivity contribution in [1.82, 2.24) is 0 Å². The third kappa shape index (κ3) is 3.28. The van der Waals surface area contributed by atoms with Gasteiger partial charge in [-0.1, -0.05) is 0 Å². The number of nitrogens with one attached hydrogen (secondary N) is 1. The van der Waals surface area contributed by atoms with Crippen LogP contribution in [0, 0.1) is 0 Å². The molecular weight excluding hydrogens is 278 g/mol. The average Bonchev–Trinajstić information content (AvgIpc) is 2.50. The normalized spacial score (nSPS) is 32.7. The molecule has 2 rings (SSSR count). The highest BCUT2D eigenvalue weighted by molar-refractivity contribution is 5.48. The number of rotatable bonds is 5. The fourth-order valence-electron chi connectivity index (χ4n) is 2.24. The first-order chi connectivity index (χ1) is 10.0. The summed E-state index contributed by atoms with van der Waals surface area (Å²) in [6.45, 7) is 1.68. The van der Waals surface area contributed by atoms with Crippen LogP contribution in [0.2, 0.25) is 0 Å². The zero-order valence-electron chi connectivity index (χ0n) is 11.8. The van der Waals surface area contributed by atoms with Gasteiger partial charge in [-0.15, -0.1) is 0 Å². The van der Waals surface area contributed by atoms with Crippen molar-refractivity contribution in [3.63, 3.8) is 0 Å². The van der Waals surface area contributed by atoms with Crippen LogP contribution in [0.3, 0.4) is 0 Å². The van der Waals surface area contributed by atoms with Gasteiger partial charge in [-0.25, -0.2) is 0 Å². The molecule has 0 spiro atoms. The molecular formula is C14H21NO6. The molecule has 21 heavy (non-hydrogen) atoms. The van der Waals surface area contributed by atoms with Crippen LogP contribution in [0.4, 0.5) is 5.69 Å². The van der Waals surface area contributed by atoms with Crippen LogP contribution >= 0.6 is 0 Å². The number of ether oxygens (including phenoxy) is 2. The minimum Gasteiger partial charge on any atom is -0.494 e. The average molecular weight is 299 g/mol. The van der Waals surface area contributed by atoms with E-state index in [1.807, 2.05) is 6.92 Å². The summed E-state index contributed by atoms with van der Waals surface area (Å²) in [5.74, 6) is 0.696. The van der Waals surface area contributed by atoms with Gasteiger partial charge >= 0.3 is 0 Å². The summed E-state index contributed by atoms with van der Waals surface area (Å²) in [5, 5.41) is 41.7. The molecule has 0 unspecified atom stereocenters. The second-order valence-electron chi connectivity index (χ2n) is 4.94. The van der Waals surface area contributed by atoms with Crippen LogP contribution in [-0.2, 0) is 4.74 Å². The van der Waals surface area contributed by atoms with E-state index in [0.717, 1.165) is 0 Å². The molecule has 0 bridgehead atoms. The maximum absolute atomic E-state index is 10.1. The Morgan fingerprint density at radius 2 is 1.95 bits per heavy atom. The molecule has 118 valence electrons. The Labute approximate surface area is 122 Å². The van der Waals surface area contributed by atoms with Crippen LogP contribution in [0.5, 0.6) is 5.75 Å². The Kier molecular flexibility index (Phi) is 5.02. The van der Waals surface area contributed by atoms with Gasteiger partial charge in [0.25, 0.3) is 0 Å². The second kappa shape index (κ2) is 6.59. The fourth-order valence-corrected chi connectivity index (χ4v) is 2.24. The molecule has 1 aliphatic rings. The van der Waals surface area contributed by atoms with Gasteiger partial charge in [0.1, 0.15) is 24.1 Å². The molecule has 1 fully saturated rings. The minimum absolute atomic E-state index is 0.192. The van der Waals surface area contributed by atoms with E-state index in [4.69, 9.17) is 9.47 Å². The van der Waals surface area contributed by atoms with E-state index in [1.54, 1.807) is 24.3 Å². The van der Waals surface area contributed by atoms with Crippen molar-refractivity contribution in [2.75, 3.05) is 25.1 Å². The van der Waals surface area contributed by atoms with Gasteiger partial charge in [-0.2, -0.15) is 0 Å². The van der Waals surface area contributed by atoms with Crippen molar-refractivity contribution in [2.24, 2.45) is 0 Å². The summed E-state index contributed by atoms with van der Waals surface area (Å²) in [7, 11) is 0. The molecule has 1 aromatic carbocycles. The number of aliphatic hydroxyl groups excluding tert-OH is 4. The molecule has 0 radical (unpaired) electrons. The predicted molar refractivity (Wildman–Crippen MR) is 75.0 cm³/mol. The lowest BCUT2D eigenvalue weighted by atomic mass is 9.94. The smallest absolute Gasteiger partial charge is 0.190 e. The number of hydrogen-bond donors (Lipinski definition) is 5. The third-order valence-corrected chi connectivity index (χ3v) is 3.46. The molecule has 1 aromatic rings. The maximum Gasteiger partial charge on any atom is 0.190 e. The van der Waals surface area contributed by atoms with Gasteiger partial charge in [0.2, 0.25) is 0 Å². The Balaban J connectivity index is 2.14. The standard InChI is InChI=1S/C14H21NO6/c1-2-20-10-5-3-9(4-6-10)15-14(8-16)13(19)12(18)11(17)7-21-14/h3-6,11-13,15-19H,2,7-8H2,1H3/t11-,12-,13+,14-/m1/s1. The molecule has 0 saturated carbocycles. The monoisotopic (exact) mass is 299 g/mol. The molecule has 5 N–H and O–H groups in total. The van der Waals surface area contributed by atoms with Crippen LogP contribution in [0.1, 0.15) is 6.92 Å². The zero-order valence-corrected chi connectivity index (χ0v) is 11.8.